The summed E-state index contributed by atoms with van der Waals surface area (Å²) in [6, 6.07) is 5.56. The van der Waals surface area contributed by atoms with Gasteiger partial charge in [0.2, 0.25) is 5.91 Å². The lowest BCUT2D eigenvalue weighted by molar-refractivity contribution is -0.126. The molecule has 8 nitrogen and oxygen atoms in total. The molecule has 0 aliphatic heterocycles. The van der Waals surface area contributed by atoms with Crippen molar-refractivity contribution in [3.63, 3.8) is 0 Å². The van der Waals surface area contributed by atoms with E-state index in [1.165, 1.54) is 0 Å². The lowest BCUT2D eigenvalue weighted by Crippen LogP contribution is -2.41. The van der Waals surface area contributed by atoms with Crippen molar-refractivity contribution in [2.75, 3.05) is 18.9 Å². The van der Waals surface area contributed by atoms with E-state index in [-0.39, 0.29) is 35.9 Å². The van der Waals surface area contributed by atoms with Gasteiger partial charge in [-0.05, 0) is 51.2 Å². The third-order valence-electron chi connectivity index (χ3n) is 5.41. The molecule has 2 aromatic rings. The summed E-state index contributed by atoms with van der Waals surface area (Å²) < 4.78 is 11.4. The zero-order valence-corrected chi connectivity index (χ0v) is 17.4. The Hall–Kier alpha value is -2.87. The van der Waals surface area contributed by atoms with E-state index in [0.29, 0.717) is 35.4 Å². The number of nitrogens with zero attached hydrogens (tertiary/aromatic N) is 1. The number of amides is 1. The number of rotatable bonds is 8. The maximum absolute atomic E-state index is 11.8. The van der Waals surface area contributed by atoms with Gasteiger partial charge in [-0.3, -0.25) is 9.78 Å². The standard InChI is InChI=1S/C22H29N3O5/c1-3-15-20(22(27)28)21(23)19-16(25-15)6-5-7-17(19)30-14-10-8-13(9-11-14)24-18(26)12-29-4-2/h5-7,13-14H,3-4,8-12H2,1-2H3,(H2,23,25)(H,24,26)(H,27,28)/t13-,14-. The summed E-state index contributed by atoms with van der Waals surface area (Å²) in [6.07, 6.45) is 3.62. The summed E-state index contributed by atoms with van der Waals surface area (Å²) in [5.41, 5.74) is 7.59. The molecule has 3 rings (SSSR count). The molecule has 30 heavy (non-hydrogen) atoms. The van der Waals surface area contributed by atoms with E-state index in [4.69, 9.17) is 15.2 Å². The number of hydrogen-bond acceptors (Lipinski definition) is 6. The molecule has 0 radical (unpaired) electrons. The van der Waals surface area contributed by atoms with Crippen molar-refractivity contribution < 1.29 is 24.2 Å². The SMILES string of the molecule is CCOCC(=O)N[C@H]1CC[C@H](Oc2cccc3nc(CC)c(C(=O)O)c(N)c23)CC1. The lowest BCUT2D eigenvalue weighted by atomic mass is 9.92. The minimum absolute atomic E-state index is 0.0332. The molecule has 4 N–H and O–H groups in total. The Balaban J connectivity index is 1.73. The second-order valence-electron chi connectivity index (χ2n) is 7.45. The van der Waals surface area contributed by atoms with Crippen molar-refractivity contribution in [2.45, 2.75) is 58.1 Å². The number of nitrogens with one attached hydrogen (secondary N) is 1. The fraction of sp³-hybridized carbons (Fsp3) is 0.500. The van der Waals surface area contributed by atoms with Crippen LogP contribution in [0.15, 0.2) is 18.2 Å². The molecule has 0 saturated heterocycles. The zero-order chi connectivity index (χ0) is 21.7. The number of aryl methyl sites for hydroxylation is 1. The third-order valence-corrected chi connectivity index (χ3v) is 5.41. The van der Waals surface area contributed by atoms with Gasteiger partial charge in [0.05, 0.1) is 28.4 Å². The van der Waals surface area contributed by atoms with E-state index in [9.17, 15) is 14.7 Å². The van der Waals surface area contributed by atoms with Crippen LogP contribution in [0.5, 0.6) is 5.75 Å². The first-order valence-corrected chi connectivity index (χ1v) is 10.4. The molecule has 1 saturated carbocycles. The van der Waals surface area contributed by atoms with E-state index in [0.717, 1.165) is 25.7 Å². The number of aromatic nitrogens is 1. The van der Waals surface area contributed by atoms with Gasteiger partial charge in [-0.2, -0.15) is 0 Å². The minimum atomic E-state index is -1.09. The van der Waals surface area contributed by atoms with Crippen molar-refractivity contribution in [1.82, 2.24) is 10.3 Å². The molecule has 0 bridgehead atoms. The first-order valence-electron chi connectivity index (χ1n) is 10.4. The predicted octanol–water partition coefficient (Wildman–Crippen LogP) is 2.92. The normalized spacial score (nSPS) is 18.9. The zero-order valence-electron chi connectivity index (χ0n) is 17.4. The summed E-state index contributed by atoms with van der Waals surface area (Å²) in [6.45, 7) is 4.31. The highest BCUT2D eigenvalue weighted by Crippen LogP contribution is 2.35. The minimum Gasteiger partial charge on any atom is -0.490 e. The molecule has 1 heterocycles. The smallest absolute Gasteiger partial charge is 0.339 e. The second kappa shape index (κ2) is 9.75. The van der Waals surface area contributed by atoms with Crippen LogP contribution in [-0.4, -0.2) is 47.3 Å². The Morgan fingerprint density at radius 3 is 2.60 bits per heavy atom. The van der Waals surface area contributed by atoms with Gasteiger partial charge in [-0.15, -0.1) is 0 Å². The van der Waals surface area contributed by atoms with Crippen LogP contribution < -0.4 is 15.8 Å². The Kier molecular flexibility index (Phi) is 7.10. The van der Waals surface area contributed by atoms with E-state index in [1.807, 2.05) is 26.0 Å². The molecule has 1 amide bonds. The number of carbonyl (C=O) groups excluding carboxylic acids is 1. The summed E-state index contributed by atoms with van der Waals surface area (Å²) in [5.74, 6) is -0.634. The number of carboxylic acids is 1. The summed E-state index contributed by atoms with van der Waals surface area (Å²) in [4.78, 5) is 28.1. The molecule has 1 aliphatic carbocycles. The Labute approximate surface area is 175 Å². The van der Waals surface area contributed by atoms with Gasteiger partial charge in [0.15, 0.2) is 0 Å². The number of hydrogen-bond donors (Lipinski definition) is 3. The molecule has 0 atom stereocenters. The van der Waals surface area contributed by atoms with Crippen molar-refractivity contribution in [3.8, 4) is 5.75 Å². The van der Waals surface area contributed by atoms with Crippen LogP contribution in [0.1, 0.15) is 55.6 Å². The average Bonchev–Trinajstić information content (AvgIpc) is 2.73. The molecule has 1 fully saturated rings. The van der Waals surface area contributed by atoms with Crippen molar-refractivity contribution in [2.24, 2.45) is 0 Å². The van der Waals surface area contributed by atoms with Crippen molar-refractivity contribution in [3.05, 3.63) is 29.5 Å². The average molecular weight is 415 g/mol. The van der Waals surface area contributed by atoms with Crippen molar-refractivity contribution in [1.29, 1.82) is 0 Å². The molecule has 1 aromatic heterocycles. The van der Waals surface area contributed by atoms with Gasteiger partial charge in [0, 0.05) is 12.6 Å². The molecule has 1 aromatic carbocycles. The van der Waals surface area contributed by atoms with Gasteiger partial charge in [-0.25, -0.2) is 4.79 Å². The van der Waals surface area contributed by atoms with Gasteiger partial charge < -0.3 is 25.6 Å². The largest absolute Gasteiger partial charge is 0.490 e. The molecule has 162 valence electrons. The molecule has 0 unspecified atom stereocenters. The van der Waals surface area contributed by atoms with Crippen LogP contribution in [0.25, 0.3) is 10.9 Å². The highest BCUT2D eigenvalue weighted by Gasteiger charge is 2.25. The van der Waals surface area contributed by atoms with Crippen LogP contribution in [0.3, 0.4) is 0 Å². The number of aromatic carboxylic acids is 1. The van der Waals surface area contributed by atoms with Crippen LogP contribution in [-0.2, 0) is 16.0 Å². The Morgan fingerprint density at radius 2 is 1.97 bits per heavy atom. The molecule has 8 heteroatoms. The highest BCUT2D eigenvalue weighted by atomic mass is 16.5. The summed E-state index contributed by atoms with van der Waals surface area (Å²) in [5, 5.41) is 13.1. The van der Waals surface area contributed by atoms with E-state index < -0.39 is 5.97 Å². The number of carboxylic acid groups (broad SMARTS) is 1. The molecule has 1 aliphatic rings. The number of anilines is 1. The monoisotopic (exact) mass is 415 g/mol. The van der Waals surface area contributed by atoms with Crippen LogP contribution in [0.4, 0.5) is 5.69 Å². The Morgan fingerprint density at radius 1 is 1.23 bits per heavy atom. The van der Waals surface area contributed by atoms with E-state index >= 15 is 0 Å². The maximum Gasteiger partial charge on any atom is 0.339 e. The fourth-order valence-corrected chi connectivity index (χ4v) is 3.93. The topological polar surface area (TPSA) is 124 Å². The van der Waals surface area contributed by atoms with Crippen LogP contribution in [0, 0.1) is 0 Å². The van der Waals surface area contributed by atoms with E-state index in [2.05, 4.69) is 10.3 Å². The predicted molar refractivity (Wildman–Crippen MR) is 114 cm³/mol. The second-order valence-corrected chi connectivity index (χ2v) is 7.45. The number of nitrogen functional groups attached to an aromatic ring is 1. The first kappa shape index (κ1) is 21.8. The first-order chi connectivity index (χ1) is 14.4. The molecular weight excluding hydrogens is 386 g/mol. The molecular formula is C22H29N3O5. The third kappa shape index (κ3) is 4.81. The maximum atomic E-state index is 11.8. The number of carbonyl (C=O) groups is 2. The van der Waals surface area contributed by atoms with Crippen LogP contribution >= 0.6 is 0 Å². The van der Waals surface area contributed by atoms with Gasteiger partial charge in [-0.1, -0.05) is 13.0 Å². The Bertz CT molecular complexity index is 923. The highest BCUT2D eigenvalue weighted by molar-refractivity contribution is 6.06. The van der Waals surface area contributed by atoms with Gasteiger partial charge >= 0.3 is 5.97 Å². The van der Waals surface area contributed by atoms with Gasteiger partial charge in [0.1, 0.15) is 17.9 Å². The van der Waals surface area contributed by atoms with Crippen LogP contribution in [0.2, 0.25) is 0 Å². The van der Waals surface area contributed by atoms with Crippen molar-refractivity contribution >= 4 is 28.5 Å². The molecule has 0 spiro atoms. The summed E-state index contributed by atoms with van der Waals surface area (Å²) in [7, 11) is 0. The van der Waals surface area contributed by atoms with E-state index in [1.54, 1.807) is 6.07 Å². The van der Waals surface area contributed by atoms with Gasteiger partial charge in [0.25, 0.3) is 0 Å². The summed E-state index contributed by atoms with van der Waals surface area (Å²) >= 11 is 0. The number of nitrogens with two attached hydrogens (primary N) is 1. The number of ether oxygens (including phenoxy) is 2. The number of benzene rings is 1. The number of fused-ring (bicyclic) bond motifs is 1. The number of pyridine rings is 1. The lowest BCUT2D eigenvalue weighted by Gasteiger charge is -2.30. The quantitative estimate of drug-likeness (QED) is 0.605. The fourth-order valence-electron chi connectivity index (χ4n) is 3.93.